The number of rotatable bonds is 9. The lowest BCUT2D eigenvalue weighted by Crippen LogP contribution is -2.43. The molecule has 4 fully saturated rings. The Labute approximate surface area is 237 Å². The molecule has 1 aliphatic carbocycles. The van der Waals surface area contributed by atoms with Crippen LogP contribution in [0.2, 0.25) is 0 Å². The molecule has 4 aliphatic rings. The van der Waals surface area contributed by atoms with Crippen molar-refractivity contribution < 1.29 is 34.0 Å². The highest BCUT2D eigenvalue weighted by molar-refractivity contribution is 5.83. The molecular weight excluding hydrogens is 534 g/mol. The summed E-state index contributed by atoms with van der Waals surface area (Å²) in [4.78, 5) is 40.1. The second kappa shape index (κ2) is 12.0. The van der Waals surface area contributed by atoms with E-state index in [-0.39, 0.29) is 18.0 Å². The largest absolute Gasteiger partial charge is 0.449 e. The van der Waals surface area contributed by atoms with Crippen LogP contribution >= 0.6 is 0 Å². The van der Waals surface area contributed by atoms with Gasteiger partial charge in [-0.3, -0.25) is 9.36 Å². The van der Waals surface area contributed by atoms with Gasteiger partial charge in [0.1, 0.15) is 23.5 Å². The van der Waals surface area contributed by atoms with Gasteiger partial charge in [0.05, 0.1) is 19.5 Å². The predicted molar refractivity (Wildman–Crippen MR) is 144 cm³/mol. The van der Waals surface area contributed by atoms with Crippen molar-refractivity contribution in [3.05, 3.63) is 12.2 Å². The standard InChI is InChI=1S/C27H39N7O7/c28-23-19-24(34(14-29-19)26-21(36)20(35)22(41-26)25(37)30-17-4-5-17)32-18(31-23)3-1-2-15-6-9-33(10-7-15)27(38)40-13-16-8-11-39-12-16/h14-17,20-22,26,35-36H,1-13H2,(H,30,37)(H2,28,31,32)/t16?,20-,21?,22+,26-/m1/s1. The van der Waals surface area contributed by atoms with Gasteiger partial charge in [0.15, 0.2) is 23.8 Å². The van der Waals surface area contributed by atoms with Crippen molar-refractivity contribution in [1.29, 1.82) is 0 Å². The molecule has 14 nitrogen and oxygen atoms in total. The predicted octanol–water partition coefficient (Wildman–Crippen LogP) is 0.514. The molecule has 2 aromatic rings. The summed E-state index contributed by atoms with van der Waals surface area (Å²) in [7, 11) is 0. The average molecular weight is 574 g/mol. The number of nitrogens with zero attached hydrogens (tertiary/aromatic N) is 5. The van der Waals surface area contributed by atoms with Gasteiger partial charge in [0.25, 0.3) is 5.91 Å². The minimum absolute atomic E-state index is 0.102. The van der Waals surface area contributed by atoms with Gasteiger partial charge in [-0.25, -0.2) is 19.7 Å². The van der Waals surface area contributed by atoms with Crippen LogP contribution in [0.15, 0.2) is 6.33 Å². The number of aliphatic hydroxyl groups is 2. The van der Waals surface area contributed by atoms with Crippen LogP contribution in [0.3, 0.4) is 0 Å². The van der Waals surface area contributed by atoms with Crippen LogP contribution in [0.25, 0.3) is 11.2 Å². The van der Waals surface area contributed by atoms with E-state index in [1.165, 1.54) is 10.9 Å². The van der Waals surface area contributed by atoms with Crippen molar-refractivity contribution in [2.24, 2.45) is 11.8 Å². The first-order valence-corrected chi connectivity index (χ1v) is 14.7. The number of carbonyl (C=O) groups is 2. The van der Waals surface area contributed by atoms with Crippen molar-refractivity contribution in [1.82, 2.24) is 29.7 Å². The lowest BCUT2D eigenvalue weighted by atomic mass is 9.91. The number of nitrogen functional groups attached to an aromatic ring is 1. The first-order chi connectivity index (χ1) is 19.9. The Kier molecular flexibility index (Phi) is 8.24. The minimum atomic E-state index is -1.38. The molecule has 3 saturated heterocycles. The molecule has 224 valence electrons. The first-order valence-electron chi connectivity index (χ1n) is 14.7. The van der Waals surface area contributed by atoms with Gasteiger partial charge in [-0.05, 0) is 50.9 Å². The van der Waals surface area contributed by atoms with Gasteiger partial charge < -0.3 is 40.4 Å². The molecule has 2 amide bonds. The second-order valence-corrected chi connectivity index (χ2v) is 11.7. The third-order valence-electron chi connectivity index (χ3n) is 8.54. The van der Waals surface area contributed by atoms with Crippen LogP contribution in [0.5, 0.6) is 0 Å². The molecule has 0 spiro atoms. The quantitative estimate of drug-likeness (QED) is 0.327. The maximum atomic E-state index is 12.5. The lowest BCUT2D eigenvalue weighted by molar-refractivity contribution is -0.137. The van der Waals surface area contributed by atoms with Crippen molar-refractivity contribution >= 4 is 29.0 Å². The number of hydrogen-bond donors (Lipinski definition) is 4. The molecule has 0 radical (unpaired) electrons. The van der Waals surface area contributed by atoms with Crippen LogP contribution in [0, 0.1) is 11.8 Å². The molecule has 6 rings (SSSR count). The van der Waals surface area contributed by atoms with E-state index in [0.29, 0.717) is 61.5 Å². The number of nitrogens with two attached hydrogens (primary N) is 1. The van der Waals surface area contributed by atoms with Crippen molar-refractivity contribution in [3.8, 4) is 0 Å². The van der Waals surface area contributed by atoms with Gasteiger partial charge in [0, 0.05) is 38.1 Å². The van der Waals surface area contributed by atoms with Gasteiger partial charge in [-0.15, -0.1) is 0 Å². The van der Waals surface area contributed by atoms with Gasteiger partial charge >= 0.3 is 6.09 Å². The van der Waals surface area contributed by atoms with Crippen LogP contribution in [-0.4, -0.2) is 104 Å². The number of fused-ring (bicyclic) bond motifs is 1. The monoisotopic (exact) mass is 573 g/mol. The smallest absolute Gasteiger partial charge is 0.409 e. The molecular formula is C27H39N7O7. The SMILES string of the molecule is Nc1nc(CCCC2CCN(C(=O)OCC3CCOC3)CC2)nc2c1ncn2[C@@H]1O[C@H](C(=O)NC2CC2)[C@H](O)C1O. The Morgan fingerprint density at radius 2 is 1.90 bits per heavy atom. The molecule has 0 aromatic carbocycles. The van der Waals surface area contributed by atoms with E-state index >= 15 is 0 Å². The van der Waals surface area contributed by atoms with E-state index < -0.39 is 30.4 Å². The lowest BCUT2D eigenvalue weighted by Gasteiger charge is -2.31. The topological polar surface area (TPSA) is 187 Å². The summed E-state index contributed by atoms with van der Waals surface area (Å²) >= 11 is 0. The number of aryl methyl sites for hydroxylation is 1. The van der Waals surface area contributed by atoms with Crippen molar-refractivity contribution in [2.45, 2.75) is 81.9 Å². The molecule has 2 unspecified atom stereocenters. The van der Waals surface area contributed by atoms with Crippen LogP contribution < -0.4 is 11.1 Å². The Balaban J connectivity index is 1.01. The molecule has 5 heterocycles. The van der Waals surface area contributed by atoms with Gasteiger partial charge in [0.2, 0.25) is 0 Å². The number of amides is 2. The highest BCUT2D eigenvalue weighted by atomic mass is 16.6. The fraction of sp³-hybridized carbons (Fsp3) is 0.741. The number of imidazole rings is 1. The number of aromatic nitrogens is 4. The minimum Gasteiger partial charge on any atom is -0.449 e. The van der Waals surface area contributed by atoms with E-state index in [0.717, 1.165) is 51.6 Å². The number of hydrogen-bond acceptors (Lipinski definition) is 11. The zero-order valence-corrected chi connectivity index (χ0v) is 23.1. The molecule has 2 aromatic heterocycles. The molecule has 5 N–H and O–H groups in total. The van der Waals surface area contributed by atoms with E-state index in [9.17, 15) is 19.8 Å². The summed E-state index contributed by atoms with van der Waals surface area (Å²) in [6.45, 7) is 3.21. The highest BCUT2D eigenvalue weighted by Gasteiger charge is 2.48. The Morgan fingerprint density at radius 1 is 1.10 bits per heavy atom. The van der Waals surface area contributed by atoms with Crippen LogP contribution in [0.1, 0.15) is 57.0 Å². The normalized spacial score (nSPS) is 28.8. The van der Waals surface area contributed by atoms with E-state index in [1.54, 1.807) is 4.90 Å². The molecule has 14 heteroatoms. The summed E-state index contributed by atoms with van der Waals surface area (Å²) in [6.07, 6.45) is 3.23. The maximum absolute atomic E-state index is 12.5. The zero-order chi connectivity index (χ0) is 28.5. The summed E-state index contributed by atoms with van der Waals surface area (Å²) < 4.78 is 18.1. The molecule has 3 aliphatic heterocycles. The summed E-state index contributed by atoms with van der Waals surface area (Å²) in [6, 6.07) is 0.102. The number of aliphatic hydroxyl groups excluding tert-OH is 2. The number of piperidine rings is 1. The third-order valence-corrected chi connectivity index (χ3v) is 8.54. The fourth-order valence-electron chi connectivity index (χ4n) is 5.85. The Bertz CT molecular complexity index is 1240. The average Bonchev–Trinajstić information content (AvgIpc) is 3.32. The zero-order valence-electron chi connectivity index (χ0n) is 23.1. The van der Waals surface area contributed by atoms with E-state index in [1.807, 2.05) is 0 Å². The number of nitrogens with one attached hydrogen (secondary N) is 1. The number of carbonyl (C=O) groups excluding carboxylic acids is 2. The third kappa shape index (κ3) is 6.25. The summed E-state index contributed by atoms with van der Waals surface area (Å²) in [5.74, 6) is 1.13. The van der Waals surface area contributed by atoms with E-state index in [2.05, 4.69) is 20.3 Å². The van der Waals surface area contributed by atoms with Crippen molar-refractivity contribution in [3.63, 3.8) is 0 Å². The fourth-order valence-corrected chi connectivity index (χ4v) is 5.85. The summed E-state index contributed by atoms with van der Waals surface area (Å²) in [5.41, 5.74) is 6.93. The Hall–Kier alpha value is -3.07. The highest BCUT2D eigenvalue weighted by Crippen LogP contribution is 2.33. The van der Waals surface area contributed by atoms with Gasteiger partial charge in [-0.1, -0.05) is 0 Å². The van der Waals surface area contributed by atoms with Crippen molar-refractivity contribution in [2.75, 3.05) is 38.6 Å². The summed E-state index contributed by atoms with van der Waals surface area (Å²) in [5, 5.41) is 24.0. The molecule has 5 atom stereocenters. The molecule has 1 saturated carbocycles. The first kappa shape index (κ1) is 28.1. The molecule has 41 heavy (non-hydrogen) atoms. The number of ether oxygens (including phenoxy) is 3. The van der Waals surface area contributed by atoms with Crippen LogP contribution in [0.4, 0.5) is 10.6 Å². The van der Waals surface area contributed by atoms with Crippen LogP contribution in [-0.2, 0) is 25.4 Å². The number of anilines is 1. The number of likely N-dealkylation sites (tertiary alicyclic amines) is 1. The second-order valence-electron chi connectivity index (χ2n) is 11.7. The molecule has 0 bridgehead atoms. The van der Waals surface area contributed by atoms with Gasteiger partial charge in [-0.2, -0.15) is 0 Å². The van der Waals surface area contributed by atoms with E-state index in [4.69, 9.17) is 19.9 Å². The Morgan fingerprint density at radius 3 is 2.63 bits per heavy atom. The maximum Gasteiger partial charge on any atom is 0.409 e.